The summed E-state index contributed by atoms with van der Waals surface area (Å²) in [5.41, 5.74) is -0.199. The summed E-state index contributed by atoms with van der Waals surface area (Å²) in [6.07, 6.45) is 0. The first kappa shape index (κ1) is 20.7. The number of urea groups is 1. The lowest BCUT2D eigenvalue weighted by Crippen LogP contribution is -2.42. The van der Waals surface area contributed by atoms with Crippen LogP contribution in [-0.2, 0) is 15.1 Å². The second-order valence-corrected chi connectivity index (χ2v) is 7.40. The lowest BCUT2D eigenvalue weighted by molar-refractivity contribution is -0.133. The van der Waals surface area contributed by atoms with Crippen molar-refractivity contribution in [3.8, 4) is 11.5 Å². The predicted molar refractivity (Wildman–Crippen MR) is 110 cm³/mol. The normalized spacial score (nSPS) is 18.4. The van der Waals surface area contributed by atoms with Crippen molar-refractivity contribution in [2.75, 3.05) is 26.1 Å². The number of amides is 4. The lowest BCUT2D eigenvalue weighted by atomic mass is 9.92. The molecule has 2 aromatic rings. The summed E-state index contributed by atoms with van der Waals surface area (Å²) in [7, 11) is 3.00. The Bertz CT molecular complexity index is 980. The summed E-state index contributed by atoms with van der Waals surface area (Å²) < 4.78 is 11.1. The van der Waals surface area contributed by atoms with Crippen LogP contribution in [0.5, 0.6) is 11.5 Å². The predicted octanol–water partition coefficient (Wildman–Crippen LogP) is 2.87. The topological polar surface area (TPSA) is 97.0 Å². The average Bonchev–Trinajstić information content (AvgIpc) is 2.91. The second-order valence-electron chi connectivity index (χ2n) is 6.54. The zero-order valence-electron chi connectivity index (χ0n) is 16.1. The summed E-state index contributed by atoms with van der Waals surface area (Å²) in [5, 5.41) is 5.34. The molecule has 152 valence electrons. The van der Waals surface area contributed by atoms with Gasteiger partial charge in [0.15, 0.2) is 11.5 Å². The molecule has 1 atom stereocenters. The highest BCUT2D eigenvalue weighted by Gasteiger charge is 2.50. The fourth-order valence-electron chi connectivity index (χ4n) is 3.15. The van der Waals surface area contributed by atoms with Gasteiger partial charge < -0.3 is 20.1 Å². The van der Waals surface area contributed by atoms with E-state index in [4.69, 9.17) is 9.47 Å². The van der Waals surface area contributed by atoms with Gasteiger partial charge in [-0.05, 0) is 25.1 Å². The van der Waals surface area contributed by atoms with Gasteiger partial charge in [-0.3, -0.25) is 14.5 Å². The Kier molecular flexibility index (Phi) is 5.78. The quantitative estimate of drug-likeness (QED) is 0.644. The third kappa shape index (κ3) is 3.91. The molecule has 1 heterocycles. The van der Waals surface area contributed by atoms with E-state index in [1.54, 1.807) is 43.3 Å². The standard InChI is InChI=1S/C20H20BrN3O5/c1-20(13-6-4-5-7-14(13)21)18(26)24(19(27)23-20)11-17(25)22-12-8-9-15(28-2)16(10-12)29-3/h4-10H,11H2,1-3H3,(H,22,25)(H,23,27)/t20-/m1/s1. The zero-order chi connectivity index (χ0) is 21.2. The van der Waals surface area contributed by atoms with Gasteiger partial charge in [0.25, 0.3) is 5.91 Å². The molecular formula is C20H20BrN3O5. The number of halogens is 1. The van der Waals surface area contributed by atoms with Gasteiger partial charge in [-0.25, -0.2) is 4.79 Å². The van der Waals surface area contributed by atoms with Gasteiger partial charge in [-0.15, -0.1) is 0 Å². The van der Waals surface area contributed by atoms with E-state index >= 15 is 0 Å². The molecule has 9 heteroatoms. The second kappa shape index (κ2) is 8.12. The maximum absolute atomic E-state index is 13.0. The summed E-state index contributed by atoms with van der Waals surface area (Å²) >= 11 is 3.41. The van der Waals surface area contributed by atoms with Crippen molar-refractivity contribution in [2.24, 2.45) is 0 Å². The third-order valence-corrected chi connectivity index (χ3v) is 5.35. The molecule has 2 aromatic carbocycles. The molecule has 8 nitrogen and oxygen atoms in total. The van der Waals surface area contributed by atoms with Crippen molar-refractivity contribution in [2.45, 2.75) is 12.5 Å². The van der Waals surface area contributed by atoms with E-state index in [0.29, 0.717) is 27.2 Å². The monoisotopic (exact) mass is 461 g/mol. The first-order valence-electron chi connectivity index (χ1n) is 8.71. The minimum absolute atomic E-state index is 0.418. The maximum atomic E-state index is 13.0. The number of imide groups is 1. The lowest BCUT2D eigenvalue weighted by Gasteiger charge is -2.23. The summed E-state index contributed by atoms with van der Waals surface area (Å²) in [6, 6.07) is 11.4. The van der Waals surface area contributed by atoms with Gasteiger partial charge in [0.2, 0.25) is 5.91 Å². The highest BCUT2D eigenvalue weighted by Crippen LogP contribution is 2.34. The average molecular weight is 462 g/mol. The van der Waals surface area contributed by atoms with Crippen molar-refractivity contribution < 1.29 is 23.9 Å². The molecule has 0 aliphatic carbocycles. The Labute approximate surface area is 176 Å². The maximum Gasteiger partial charge on any atom is 0.325 e. The van der Waals surface area contributed by atoms with E-state index in [2.05, 4.69) is 26.6 Å². The summed E-state index contributed by atoms with van der Waals surface area (Å²) in [5.74, 6) is -0.0560. The molecule has 2 N–H and O–H groups in total. The SMILES string of the molecule is COc1ccc(NC(=O)CN2C(=O)N[C@](C)(c3ccccc3Br)C2=O)cc1OC. The number of benzene rings is 2. The molecule has 1 aliphatic rings. The van der Waals surface area contributed by atoms with Crippen LogP contribution >= 0.6 is 15.9 Å². The van der Waals surface area contributed by atoms with Crippen molar-refractivity contribution >= 4 is 39.5 Å². The van der Waals surface area contributed by atoms with E-state index in [1.807, 2.05) is 6.07 Å². The molecule has 1 aliphatic heterocycles. The largest absolute Gasteiger partial charge is 0.493 e. The molecule has 0 unspecified atom stereocenters. The van der Waals surface area contributed by atoms with Gasteiger partial charge in [0.1, 0.15) is 12.1 Å². The number of carbonyl (C=O) groups is 3. The van der Waals surface area contributed by atoms with Crippen LogP contribution in [0.15, 0.2) is 46.9 Å². The van der Waals surface area contributed by atoms with Crippen LogP contribution in [0, 0.1) is 0 Å². The highest BCUT2D eigenvalue weighted by atomic mass is 79.9. The van der Waals surface area contributed by atoms with Crippen LogP contribution in [-0.4, -0.2) is 43.5 Å². The minimum Gasteiger partial charge on any atom is -0.493 e. The summed E-state index contributed by atoms with van der Waals surface area (Å²) in [6.45, 7) is 1.19. The Hall–Kier alpha value is -3.07. The highest BCUT2D eigenvalue weighted by molar-refractivity contribution is 9.10. The number of nitrogens with one attached hydrogen (secondary N) is 2. The van der Waals surface area contributed by atoms with Crippen LogP contribution in [0.4, 0.5) is 10.5 Å². The number of carbonyl (C=O) groups excluding carboxylic acids is 3. The smallest absolute Gasteiger partial charge is 0.325 e. The molecule has 29 heavy (non-hydrogen) atoms. The molecule has 1 saturated heterocycles. The van der Waals surface area contributed by atoms with Crippen molar-refractivity contribution in [3.63, 3.8) is 0 Å². The fourth-order valence-corrected chi connectivity index (χ4v) is 3.83. The molecule has 0 bridgehead atoms. The van der Waals surface area contributed by atoms with Crippen molar-refractivity contribution in [1.29, 1.82) is 0 Å². The fraction of sp³-hybridized carbons (Fsp3) is 0.250. The number of nitrogens with zero attached hydrogens (tertiary/aromatic N) is 1. The minimum atomic E-state index is -1.26. The molecular weight excluding hydrogens is 442 g/mol. The number of anilines is 1. The number of ether oxygens (including phenoxy) is 2. The van der Waals surface area contributed by atoms with Crippen LogP contribution in [0.25, 0.3) is 0 Å². The van der Waals surface area contributed by atoms with Crippen molar-refractivity contribution in [3.05, 3.63) is 52.5 Å². The van der Waals surface area contributed by atoms with E-state index < -0.39 is 29.9 Å². The Morgan fingerprint density at radius 3 is 2.48 bits per heavy atom. The number of hydrogen-bond acceptors (Lipinski definition) is 5. The molecule has 0 saturated carbocycles. The zero-order valence-corrected chi connectivity index (χ0v) is 17.7. The molecule has 4 amide bonds. The molecule has 0 aromatic heterocycles. The Morgan fingerprint density at radius 2 is 1.83 bits per heavy atom. The van der Waals surface area contributed by atoms with E-state index in [9.17, 15) is 14.4 Å². The first-order valence-corrected chi connectivity index (χ1v) is 9.50. The van der Waals surface area contributed by atoms with Gasteiger partial charge in [0, 0.05) is 21.8 Å². The first-order chi connectivity index (χ1) is 13.8. The molecule has 0 radical (unpaired) electrons. The summed E-state index contributed by atoms with van der Waals surface area (Å²) in [4.78, 5) is 38.7. The van der Waals surface area contributed by atoms with Crippen LogP contribution in [0.1, 0.15) is 12.5 Å². The number of hydrogen-bond donors (Lipinski definition) is 2. The van der Waals surface area contributed by atoms with Crippen LogP contribution in [0.3, 0.4) is 0 Å². The van der Waals surface area contributed by atoms with Gasteiger partial charge in [-0.1, -0.05) is 34.1 Å². The van der Waals surface area contributed by atoms with Crippen molar-refractivity contribution in [1.82, 2.24) is 10.2 Å². The molecule has 0 spiro atoms. The molecule has 1 fully saturated rings. The Morgan fingerprint density at radius 1 is 1.14 bits per heavy atom. The molecule has 3 rings (SSSR count). The van der Waals surface area contributed by atoms with Gasteiger partial charge >= 0.3 is 6.03 Å². The van der Waals surface area contributed by atoms with E-state index in [-0.39, 0.29) is 0 Å². The van der Waals surface area contributed by atoms with Crippen LogP contribution < -0.4 is 20.1 Å². The van der Waals surface area contributed by atoms with E-state index in [0.717, 1.165) is 4.90 Å². The van der Waals surface area contributed by atoms with Gasteiger partial charge in [0.05, 0.1) is 14.2 Å². The Balaban J connectivity index is 1.75. The number of rotatable bonds is 6. The third-order valence-electron chi connectivity index (χ3n) is 4.66. The van der Waals surface area contributed by atoms with E-state index in [1.165, 1.54) is 14.2 Å². The number of methoxy groups -OCH3 is 2. The van der Waals surface area contributed by atoms with Gasteiger partial charge in [-0.2, -0.15) is 0 Å². The van der Waals surface area contributed by atoms with Crippen LogP contribution in [0.2, 0.25) is 0 Å².